The van der Waals surface area contributed by atoms with Gasteiger partial charge in [-0.25, -0.2) is 0 Å². The highest BCUT2D eigenvalue weighted by molar-refractivity contribution is 5.63. The highest BCUT2D eigenvalue weighted by Gasteiger charge is 1.93. The van der Waals surface area contributed by atoms with E-state index in [1.165, 1.54) is 5.56 Å². The summed E-state index contributed by atoms with van der Waals surface area (Å²) in [6.45, 7) is 6.09. The molecule has 68 valence electrons. The molecule has 1 rings (SSSR count). The fraction of sp³-hybridized carbons (Fsp3) is 0.400. The van der Waals surface area contributed by atoms with Crippen LogP contribution in [0.2, 0.25) is 0 Å². The quantitative estimate of drug-likeness (QED) is 0.629. The van der Waals surface area contributed by atoms with E-state index in [2.05, 4.69) is 6.92 Å². The van der Waals surface area contributed by atoms with Crippen molar-refractivity contribution in [2.24, 2.45) is 0 Å². The molecule has 1 aromatic carbocycles. The minimum Gasteiger partial charge on any atom is -0.397 e. The van der Waals surface area contributed by atoms with Crippen molar-refractivity contribution in [3.63, 3.8) is 0 Å². The summed E-state index contributed by atoms with van der Waals surface area (Å²) in [5.41, 5.74) is 13.7. The van der Waals surface area contributed by atoms with Gasteiger partial charge in [-0.3, -0.25) is 0 Å². The van der Waals surface area contributed by atoms with Crippen molar-refractivity contribution in [3.05, 3.63) is 23.8 Å². The van der Waals surface area contributed by atoms with Crippen molar-refractivity contribution in [3.8, 4) is 0 Å². The van der Waals surface area contributed by atoms with Crippen LogP contribution in [-0.4, -0.2) is 0 Å². The standard InChI is InChI=1S/C8H12N2.C2H6/c1-2-6-3-4-7(9)8(10)5-6;1-2/h3-5H,2,9-10H2,1H3;1-2H3. The summed E-state index contributed by atoms with van der Waals surface area (Å²) in [4.78, 5) is 0. The summed E-state index contributed by atoms with van der Waals surface area (Å²) in [5.74, 6) is 0. The minimum absolute atomic E-state index is 0.664. The predicted molar refractivity (Wildman–Crippen MR) is 56.0 cm³/mol. The highest BCUT2D eigenvalue weighted by Crippen LogP contribution is 2.15. The van der Waals surface area contributed by atoms with E-state index in [0.29, 0.717) is 11.4 Å². The van der Waals surface area contributed by atoms with E-state index in [4.69, 9.17) is 11.5 Å². The van der Waals surface area contributed by atoms with Crippen LogP contribution in [0.3, 0.4) is 0 Å². The normalized spacial score (nSPS) is 8.58. The van der Waals surface area contributed by atoms with Crippen LogP contribution in [0.1, 0.15) is 26.3 Å². The average Bonchev–Trinajstić information content (AvgIpc) is 2.13. The molecule has 0 saturated carbocycles. The topological polar surface area (TPSA) is 52.0 Å². The van der Waals surface area contributed by atoms with Gasteiger partial charge in [-0.1, -0.05) is 26.8 Å². The summed E-state index contributed by atoms with van der Waals surface area (Å²) in [6.07, 6.45) is 1.00. The summed E-state index contributed by atoms with van der Waals surface area (Å²) >= 11 is 0. The van der Waals surface area contributed by atoms with Gasteiger partial charge in [0.05, 0.1) is 11.4 Å². The van der Waals surface area contributed by atoms with Crippen LogP contribution in [-0.2, 0) is 6.42 Å². The zero-order chi connectivity index (χ0) is 9.56. The SMILES string of the molecule is CC.CCc1ccc(N)c(N)c1. The molecule has 0 radical (unpaired) electrons. The number of hydrogen-bond acceptors (Lipinski definition) is 2. The number of aryl methyl sites for hydroxylation is 1. The molecule has 0 fully saturated rings. The Labute approximate surface area is 74.6 Å². The zero-order valence-electron chi connectivity index (χ0n) is 8.09. The molecule has 0 aliphatic rings. The number of nitrogen functional groups attached to an aromatic ring is 2. The third kappa shape index (κ3) is 2.82. The van der Waals surface area contributed by atoms with Gasteiger partial charge in [0.25, 0.3) is 0 Å². The molecular weight excluding hydrogens is 148 g/mol. The second-order valence-electron chi connectivity index (χ2n) is 2.32. The van der Waals surface area contributed by atoms with Crippen LogP contribution in [0.25, 0.3) is 0 Å². The number of rotatable bonds is 1. The maximum Gasteiger partial charge on any atom is 0.0550 e. The van der Waals surface area contributed by atoms with Gasteiger partial charge in [0, 0.05) is 0 Å². The van der Waals surface area contributed by atoms with Crippen molar-refractivity contribution < 1.29 is 0 Å². The van der Waals surface area contributed by atoms with Crippen LogP contribution in [0.15, 0.2) is 18.2 Å². The Morgan fingerprint density at radius 3 is 2.08 bits per heavy atom. The Morgan fingerprint density at radius 1 is 1.08 bits per heavy atom. The molecule has 12 heavy (non-hydrogen) atoms. The van der Waals surface area contributed by atoms with Gasteiger partial charge in [-0.2, -0.15) is 0 Å². The first-order valence-electron chi connectivity index (χ1n) is 4.38. The van der Waals surface area contributed by atoms with Crippen LogP contribution in [0, 0.1) is 0 Å². The summed E-state index contributed by atoms with van der Waals surface area (Å²) in [7, 11) is 0. The average molecular weight is 166 g/mol. The van der Waals surface area contributed by atoms with Crippen molar-refractivity contribution in [2.45, 2.75) is 27.2 Å². The van der Waals surface area contributed by atoms with Crippen LogP contribution in [0.4, 0.5) is 11.4 Å². The molecule has 4 N–H and O–H groups in total. The fourth-order valence-corrected chi connectivity index (χ4v) is 0.844. The van der Waals surface area contributed by atoms with Gasteiger partial charge in [0.1, 0.15) is 0 Å². The predicted octanol–water partition coefficient (Wildman–Crippen LogP) is 2.44. The Morgan fingerprint density at radius 2 is 1.67 bits per heavy atom. The van der Waals surface area contributed by atoms with Gasteiger partial charge in [-0.15, -0.1) is 0 Å². The van der Waals surface area contributed by atoms with Crippen molar-refractivity contribution >= 4 is 11.4 Å². The molecule has 0 bridgehead atoms. The summed E-state index contributed by atoms with van der Waals surface area (Å²) in [6, 6.07) is 5.75. The number of benzene rings is 1. The van der Waals surface area contributed by atoms with Crippen molar-refractivity contribution in [2.75, 3.05) is 11.5 Å². The monoisotopic (exact) mass is 166 g/mol. The molecule has 2 nitrogen and oxygen atoms in total. The highest BCUT2D eigenvalue weighted by atomic mass is 14.7. The molecule has 2 heteroatoms. The first-order valence-corrected chi connectivity index (χ1v) is 4.38. The first-order chi connectivity index (χ1) is 5.74. The molecular formula is C10H18N2. The van der Waals surface area contributed by atoms with Crippen LogP contribution >= 0.6 is 0 Å². The lowest BCUT2D eigenvalue weighted by Crippen LogP contribution is -1.94. The van der Waals surface area contributed by atoms with Gasteiger partial charge in [0.2, 0.25) is 0 Å². The Hall–Kier alpha value is -1.18. The van der Waals surface area contributed by atoms with Crippen LogP contribution in [0.5, 0.6) is 0 Å². The lowest BCUT2D eigenvalue weighted by Gasteiger charge is -2.00. The lowest BCUT2D eigenvalue weighted by atomic mass is 10.1. The minimum atomic E-state index is 0.664. The smallest absolute Gasteiger partial charge is 0.0550 e. The van der Waals surface area contributed by atoms with E-state index in [9.17, 15) is 0 Å². The van der Waals surface area contributed by atoms with Crippen molar-refractivity contribution in [1.82, 2.24) is 0 Å². The molecule has 0 aromatic heterocycles. The maximum atomic E-state index is 5.57. The molecule has 0 heterocycles. The fourth-order valence-electron chi connectivity index (χ4n) is 0.844. The van der Waals surface area contributed by atoms with Gasteiger partial charge in [-0.05, 0) is 24.1 Å². The second kappa shape index (κ2) is 5.47. The molecule has 1 aromatic rings. The molecule has 0 atom stereocenters. The zero-order valence-corrected chi connectivity index (χ0v) is 8.09. The Bertz CT molecular complexity index is 231. The van der Waals surface area contributed by atoms with E-state index in [1.54, 1.807) is 0 Å². The third-order valence-corrected chi connectivity index (χ3v) is 1.56. The van der Waals surface area contributed by atoms with Crippen molar-refractivity contribution in [1.29, 1.82) is 0 Å². The van der Waals surface area contributed by atoms with E-state index >= 15 is 0 Å². The molecule has 0 unspecified atom stereocenters. The molecule has 0 spiro atoms. The number of anilines is 2. The summed E-state index contributed by atoms with van der Waals surface area (Å²) < 4.78 is 0. The molecule has 0 amide bonds. The Balaban J connectivity index is 0.000000561. The van der Waals surface area contributed by atoms with E-state index < -0.39 is 0 Å². The number of nitrogens with two attached hydrogens (primary N) is 2. The van der Waals surface area contributed by atoms with Gasteiger partial charge < -0.3 is 11.5 Å². The summed E-state index contributed by atoms with van der Waals surface area (Å²) in [5, 5.41) is 0. The van der Waals surface area contributed by atoms with Gasteiger partial charge >= 0.3 is 0 Å². The van der Waals surface area contributed by atoms with E-state index in [0.717, 1.165) is 6.42 Å². The number of hydrogen-bond donors (Lipinski definition) is 2. The van der Waals surface area contributed by atoms with Crippen LogP contribution < -0.4 is 11.5 Å². The molecule has 0 saturated heterocycles. The first kappa shape index (κ1) is 10.8. The van der Waals surface area contributed by atoms with Gasteiger partial charge in [0.15, 0.2) is 0 Å². The third-order valence-electron chi connectivity index (χ3n) is 1.56. The molecule has 0 aliphatic carbocycles. The van der Waals surface area contributed by atoms with E-state index in [1.807, 2.05) is 32.0 Å². The van der Waals surface area contributed by atoms with E-state index in [-0.39, 0.29) is 0 Å². The lowest BCUT2D eigenvalue weighted by molar-refractivity contribution is 1.14. The molecule has 0 aliphatic heterocycles. The maximum absolute atomic E-state index is 5.57. The largest absolute Gasteiger partial charge is 0.397 e. The second-order valence-corrected chi connectivity index (χ2v) is 2.32. The Kier molecular flexibility index (Phi) is 4.93.